The highest BCUT2D eigenvalue weighted by Crippen LogP contribution is 2.48. The highest BCUT2D eigenvalue weighted by molar-refractivity contribution is 5.94. The van der Waals surface area contributed by atoms with Crippen molar-refractivity contribution in [3.05, 3.63) is 34.9 Å². The first-order valence-corrected chi connectivity index (χ1v) is 5.13. The molecule has 72 valence electrons. The Balaban J connectivity index is 2.05. The Hall–Kier alpha value is -1.15. The van der Waals surface area contributed by atoms with Crippen molar-refractivity contribution >= 4 is 5.78 Å². The van der Waals surface area contributed by atoms with Crippen molar-refractivity contribution in [2.45, 2.75) is 18.8 Å². The molecule has 2 unspecified atom stereocenters. The van der Waals surface area contributed by atoms with Gasteiger partial charge in [-0.3, -0.25) is 4.79 Å². The molecular formula is C12H13NO. The van der Waals surface area contributed by atoms with Crippen LogP contribution in [0.15, 0.2) is 18.2 Å². The van der Waals surface area contributed by atoms with Gasteiger partial charge < -0.3 is 5.32 Å². The molecule has 0 spiro atoms. The van der Waals surface area contributed by atoms with Crippen molar-refractivity contribution in [1.82, 2.24) is 5.32 Å². The highest BCUT2D eigenvalue weighted by atomic mass is 16.1. The normalized spacial score (nSPS) is 27.8. The van der Waals surface area contributed by atoms with Crippen LogP contribution in [0, 0.1) is 0 Å². The molecule has 1 aliphatic carbocycles. The van der Waals surface area contributed by atoms with Gasteiger partial charge in [-0.05, 0) is 24.1 Å². The maximum absolute atomic E-state index is 11.2. The smallest absolute Gasteiger partial charge is 0.159 e. The average Bonchev–Trinajstić information content (AvgIpc) is 2.57. The summed E-state index contributed by atoms with van der Waals surface area (Å²) in [6.45, 7) is 3.82. The molecular weight excluding hydrogens is 174 g/mol. The van der Waals surface area contributed by atoms with E-state index in [4.69, 9.17) is 0 Å². The standard InChI is InChI=1S/C12H13NO/c1-7(14)8-2-3-9-10(4-8)12-6-13-5-11(9)12/h2-4,11-13H,5-6H2,1H3. The van der Waals surface area contributed by atoms with E-state index >= 15 is 0 Å². The molecule has 1 saturated heterocycles. The molecule has 3 rings (SSSR count). The van der Waals surface area contributed by atoms with Gasteiger partial charge in [-0.2, -0.15) is 0 Å². The maximum Gasteiger partial charge on any atom is 0.159 e. The average molecular weight is 187 g/mol. The van der Waals surface area contributed by atoms with E-state index in [1.807, 2.05) is 6.07 Å². The maximum atomic E-state index is 11.2. The summed E-state index contributed by atoms with van der Waals surface area (Å²) >= 11 is 0. The van der Waals surface area contributed by atoms with E-state index in [0.717, 1.165) is 18.7 Å². The van der Waals surface area contributed by atoms with Crippen LogP contribution >= 0.6 is 0 Å². The molecule has 0 bridgehead atoms. The molecule has 1 N–H and O–H groups in total. The number of rotatable bonds is 1. The largest absolute Gasteiger partial charge is 0.315 e. The van der Waals surface area contributed by atoms with Gasteiger partial charge in [-0.25, -0.2) is 0 Å². The number of nitrogens with one attached hydrogen (secondary N) is 1. The first-order chi connectivity index (χ1) is 6.77. The van der Waals surface area contributed by atoms with Crippen LogP contribution in [0.2, 0.25) is 0 Å². The van der Waals surface area contributed by atoms with Crippen LogP contribution in [0.1, 0.15) is 40.2 Å². The Morgan fingerprint density at radius 2 is 2.00 bits per heavy atom. The molecule has 1 heterocycles. The highest BCUT2D eigenvalue weighted by Gasteiger charge is 2.40. The summed E-state index contributed by atoms with van der Waals surface area (Å²) in [6, 6.07) is 6.15. The molecule has 0 aromatic heterocycles. The lowest BCUT2D eigenvalue weighted by Gasteiger charge is -2.33. The molecule has 1 aromatic carbocycles. The van der Waals surface area contributed by atoms with Crippen LogP contribution in [0.3, 0.4) is 0 Å². The molecule has 0 amide bonds. The van der Waals surface area contributed by atoms with Gasteiger partial charge in [-0.1, -0.05) is 12.1 Å². The van der Waals surface area contributed by atoms with Gasteiger partial charge in [-0.15, -0.1) is 0 Å². The van der Waals surface area contributed by atoms with Crippen molar-refractivity contribution in [2.24, 2.45) is 0 Å². The number of hydrogen-bond donors (Lipinski definition) is 1. The van der Waals surface area contributed by atoms with E-state index in [1.54, 1.807) is 6.92 Å². The van der Waals surface area contributed by atoms with Gasteiger partial charge in [0.2, 0.25) is 0 Å². The summed E-state index contributed by atoms with van der Waals surface area (Å²) in [5, 5.41) is 3.39. The predicted molar refractivity (Wildman–Crippen MR) is 54.8 cm³/mol. The van der Waals surface area contributed by atoms with Crippen LogP contribution in [-0.4, -0.2) is 18.9 Å². The van der Waals surface area contributed by atoms with E-state index in [9.17, 15) is 4.79 Å². The third kappa shape index (κ3) is 0.919. The van der Waals surface area contributed by atoms with Crippen LogP contribution in [0.4, 0.5) is 0 Å². The zero-order chi connectivity index (χ0) is 9.71. The molecule has 1 fully saturated rings. The van der Waals surface area contributed by atoms with Crippen molar-refractivity contribution in [1.29, 1.82) is 0 Å². The fraction of sp³-hybridized carbons (Fsp3) is 0.417. The van der Waals surface area contributed by atoms with Crippen molar-refractivity contribution in [3.63, 3.8) is 0 Å². The lowest BCUT2D eigenvalue weighted by Crippen LogP contribution is -2.23. The van der Waals surface area contributed by atoms with Gasteiger partial charge in [0.25, 0.3) is 0 Å². The molecule has 2 atom stereocenters. The van der Waals surface area contributed by atoms with Crippen molar-refractivity contribution in [2.75, 3.05) is 13.1 Å². The summed E-state index contributed by atoms with van der Waals surface area (Å²) in [6.07, 6.45) is 0. The first-order valence-electron chi connectivity index (χ1n) is 5.13. The van der Waals surface area contributed by atoms with Crippen molar-refractivity contribution < 1.29 is 4.79 Å². The summed E-state index contributed by atoms with van der Waals surface area (Å²) in [5.74, 6) is 1.55. The quantitative estimate of drug-likeness (QED) is 0.678. The molecule has 2 nitrogen and oxygen atoms in total. The predicted octanol–water partition coefficient (Wildman–Crippen LogP) is 1.67. The minimum atomic E-state index is 0.169. The van der Waals surface area contributed by atoms with Crippen LogP contribution < -0.4 is 5.32 Å². The van der Waals surface area contributed by atoms with Gasteiger partial charge in [0.1, 0.15) is 0 Å². The number of benzene rings is 1. The molecule has 0 radical (unpaired) electrons. The first kappa shape index (κ1) is 8.18. The molecule has 1 aromatic rings. The second kappa shape index (κ2) is 2.67. The summed E-state index contributed by atoms with van der Waals surface area (Å²) in [5.41, 5.74) is 3.70. The topological polar surface area (TPSA) is 29.1 Å². The lowest BCUT2D eigenvalue weighted by molar-refractivity contribution is 0.101. The monoisotopic (exact) mass is 187 g/mol. The van der Waals surface area contributed by atoms with Crippen LogP contribution in [-0.2, 0) is 0 Å². The molecule has 2 heteroatoms. The summed E-state index contributed by atoms with van der Waals surface area (Å²) in [7, 11) is 0. The van der Waals surface area contributed by atoms with E-state index in [-0.39, 0.29) is 5.78 Å². The van der Waals surface area contributed by atoms with Crippen LogP contribution in [0.5, 0.6) is 0 Å². The van der Waals surface area contributed by atoms with E-state index in [2.05, 4.69) is 17.4 Å². The number of Topliss-reactive ketones (excluding diaryl/α,β-unsaturated/α-hetero) is 1. The zero-order valence-electron chi connectivity index (χ0n) is 8.21. The Bertz CT molecular complexity index is 411. The fourth-order valence-electron chi connectivity index (χ4n) is 2.69. The summed E-state index contributed by atoms with van der Waals surface area (Å²) in [4.78, 5) is 11.2. The Morgan fingerprint density at radius 3 is 2.71 bits per heavy atom. The molecule has 1 aliphatic heterocycles. The minimum absolute atomic E-state index is 0.169. The van der Waals surface area contributed by atoms with E-state index in [1.165, 1.54) is 11.1 Å². The Morgan fingerprint density at radius 1 is 1.29 bits per heavy atom. The Labute approximate surface area is 83.3 Å². The van der Waals surface area contributed by atoms with Crippen molar-refractivity contribution in [3.8, 4) is 0 Å². The zero-order valence-corrected chi connectivity index (χ0v) is 8.21. The molecule has 14 heavy (non-hydrogen) atoms. The van der Waals surface area contributed by atoms with E-state index in [0.29, 0.717) is 11.8 Å². The summed E-state index contributed by atoms with van der Waals surface area (Å²) < 4.78 is 0. The Kier molecular flexibility index (Phi) is 1.56. The van der Waals surface area contributed by atoms with Gasteiger partial charge in [0, 0.05) is 30.5 Å². The van der Waals surface area contributed by atoms with E-state index < -0.39 is 0 Å². The van der Waals surface area contributed by atoms with Gasteiger partial charge >= 0.3 is 0 Å². The molecule has 2 aliphatic rings. The number of fused-ring (bicyclic) bond motifs is 4. The SMILES string of the molecule is CC(=O)c1ccc2c(c1)C1CNCC21. The minimum Gasteiger partial charge on any atom is -0.315 e. The number of ketones is 1. The molecule has 0 saturated carbocycles. The third-order valence-corrected chi connectivity index (χ3v) is 3.51. The van der Waals surface area contributed by atoms with Gasteiger partial charge in [0.15, 0.2) is 5.78 Å². The second-order valence-electron chi connectivity index (χ2n) is 4.27. The van der Waals surface area contributed by atoms with Crippen LogP contribution in [0.25, 0.3) is 0 Å². The lowest BCUT2D eigenvalue weighted by atomic mass is 9.69. The number of carbonyl (C=O) groups excluding carboxylic acids is 1. The number of carbonyl (C=O) groups is 1. The number of hydrogen-bond acceptors (Lipinski definition) is 2. The fourth-order valence-corrected chi connectivity index (χ4v) is 2.69. The third-order valence-electron chi connectivity index (χ3n) is 3.51. The van der Waals surface area contributed by atoms with Gasteiger partial charge in [0.05, 0.1) is 0 Å². The second-order valence-corrected chi connectivity index (χ2v) is 4.27.